The lowest BCUT2D eigenvalue weighted by molar-refractivity contribution is -0.122. The van der Waals surface area contributed by atoms with Gasteiger partial charge in [-0.1, -0.05) is 56.1 Å². The lowest BCUT2D eigenvalue weighted by Crippen LogP contribution is -2.49. The van der Waals surface area contributed by atoms with Gasteiger partial charge in [-0.25, -0.2) is 8.78 Å². The van der Waals surface area contributed by atoms with Crippen LogP contribution in [0.1, 0.15) is 63.5 Å². The quantitative estimate of drug-likeness (QED) is 0.321. The molecule has 3 N–H and O–H groups in total. The van der Waals surface area contributed by atoms with Crippen molar-refractivity contribution in [3.63, 3.8) is 0 Å². The van der Waals surface area contributed by atoms with Crippen molar-refractivity contribution in [1.82, 2.24) is 15.5 Å². The van der Waals surface area contributed by atoms with Gasteiger partial charge >= 0.3 is 0 Å². The van der Waals surface area contributed by atoms with Gasteiger partial charge in [0, 0.05) is 17.6 Å². The third-order valence-electron chi connectivity index (χ3n) is 8.69. The Labute approximate surface area is 250 Å². The lowest BCUT2D eigenvalue weighted by atomic mass is 9.62. The number of hydrogen-bond acceptors (Lipinski definition) is 5. The molecule has 3 aliphatic heterocycles. The summed E-state index contributed by atoms with van der Waals surface area (Å²) in [5.74, 6) is -2.97. The molecule has 4 atom stereocenters. The van der Waals surface area contributed by atoms with Crippen molar-refractivity contribution in [2.24, 2.45) is 5.41 Å². The van der Waals surface area contributed by atoms with Gasteiger partial charge in [-0.15, -0.1) is 0 Å². The Morgan fingerprint density at radius 1 is 1.15 bits per heavy atom. The van der Waals surface area contributed by atoms with Crippen LogP contribution in [-0.4, -0.2) is 61.4 Å². The summed E-state index contributed by atoms with van der Waals surface area (Å²) in [6.45, 7) is 10.0. The number of nitrogens with one attached hydrogen (secondary N) is 3. The number of hydrogen-bond donors (Lipinski definition) is 3. The van der Waals surface area contributed by atoms with Gasteiger partial charge in [-0.05, 0) is 86.6 Å². The van der Waals surface area contributed by atoms with E-state index in [9.17, 15) is 9.59 Å². The first kappa shape index (κ1) is 30.4. The monoisotopic (exact) mass is 606 g/mol. The number of nitrogens with zero attached hydrogens (tertiary/aromatic N) is 1. The van der Waals surface area contributed by atoms with Crippen molar-refractivity contribution in [1.29, 1.82) is 0 Å². The predicted octanol–water partition coefficient (Wildman–Crippen LogP) is 5.67. The van der Waals surface area contributed by atoms with Crippen LogP contribution in [0.2, 0.25) is 10.0 Å². The van der Waals surface area contributed by atoms with Gasteiger partial charge in [-0.2, -0.15) is 0 Å². The summed E-state index contributed by atoms with van der Waals surface area (Å²) < 4.78 is 30.8. The fourth-order valence-electron chi connectivity index (χ4n) is 6.97. The number of halogens is 4. The van der Waals surface area contributed by atoms with Crippen molar-refractivity contribution >= 4 is 40.6 Å². The molecule has 6 nitrogen and oxygen atoms in total. The second-order valence-electron chi connectivity index (χ2n) is 12.8. The zero-order valence-electron chi connectivity index (χ0n) is 23.8. The minimum atomic E-state index is -1.48. The second-order valence-corrected chi connectivity index (χ2v) is 13.6. The van der Waals surface area contributed by atoms with Gasteiger partial charge in [0.15, 0.2) is 5.78 Å². The van der Waals surface area contributed by atoms with E-state index >= 15 is 8.78 Å². The van der Waals surface area contributed by atoms with Crippen LogP contribution in [-0.2, 0) is 15.0 Å². The molecule has 0 unspecified atom stereocenters. The van der Waals surface area contributed by atoms with Crippen molar-refractivity contribution in [2.75, 3.05) is 38.0 Å². The van der Waals surface area contributed by atoms with Crippen LogP contribution in [0.15, 0.2) is 30.3 Å². The maximum atomic E-state index is 15.8. The van der Waals surface area contributed by atoms with E-state index in [2.05, 4.69) is 20.9 Å². The van der Waals surface area contributed by atoms with Crippen LogP contribution in [0.25, 0.3) is 0 Å². The fraction of sp³-hybridized carbons (Fsp3) is 0.548. The van der Waals surface area contributed by atoms with Gasteiger partial charge in [-0.3, -0.25) is 9.59 Å². The van der Waals surface area contributed by atoms with E-state index in [1.807, 2.05) is 20.8 Å². The largest absolute Gasteiger partial charge is 0.325 e. The molecule has 5 rings (SSSR count). The van der Waals surface area contributed by atoms with Crippen LogP contribution < -0.4 is 16.0 Å². The minimum Gasteiger partial charge on any atom is -0.325 e. The lowest BCUT2D eigenvalue weighted by Gasteiger charge is -2.37. The molecule has 1 spiro atoms. The molecule has 2 saturated heterocycles. The summed E-state index contributed by atoms with van der Waals surface area (Å²) in [7, 11) is 0. The number of rotatable bonds is 9. The van der Waals surface area contributed by atoms with Crippen LogP contribution >= 0.6 is 23.2 Å². The third kappa shape index (κ3) is 5.78. The maximum absolute atomic E-state index is 15.8. The molecule has 0 aliphatic carbocycles. The Morgan fingerprint density at radius 3 is 2.59 bits per heavy atom. The number of Topliss-reactive ketones (excluding diaryl/α,β-unsaturated/α-hetero) is 1. The molecule has 222 valence electrons. The molecule has 0 aromatic heterocycles. The molecule has 10 heteroatoms. The van der Waals surface area contributed by atoms with Crippen LogP contribution in [0, 0.1) is 17.0 Å². The molecule has 2 aromatic carbocycles. The molecular formula is C31H38Cl2F2N4O2. The van der Waals surface area contributed by atoms with E-state index in [1.54, 1.807) is 12.1 Å². The third-order valence-corrected chi connectivity index (χ3v) is 9.27. The van der Waals surface area contributed by atoms with E-state index < -0.39 is 41.0 Å². The Hall–Kier alpha value is -2.10. The Kier molecular flexibility index (Phi) is 8.80. The Bertz CT molecular complexity index is 1330. The maximum Gasteiger partial charge on any atom is 0.237 e. The standard InChI is InChI=1S/C31H38Cl2F2N4O2/c1-30(2,3)16-25-31(19-14-22(34)21(33)15-23(19)37-29(31)41)26(18-8-6-9-20(32)27(18)35)28(38-25)24(40)17-36-10-7-13-39-11-4-5-12-39/h6,8-9,14-15,25-26,28,36,38H,4-5,7,10-13,16-17H2,1-3H3,(H,37,41)/t25-,26+,28+,31+/m1/s1. The summed E-state index contributed by atoms with van der Waals surface area (Å²) in [4.78, 5) is 30.5. The van der Waals surface area contributed by atoms with E-state index in [0.717, 1.165) is 26.1 Å². The highest BCUT2D eigenvalue weighted by atomic mass is 35.5. The highest BCUT2D eigenvalue weighted by molar-refractivity contribution is 6.31. The average Bonchev–Trinajstić information content (AvgIpc) is 3.59. The number of carbonyl (C=O) groups excluding carboxylic acids is 2. The van der Waals surface area contributed by atoms with Gasteiger partial charge in [0.25, 0.3) is 0 Å². The smallest absolute Gasteiger partial charge is 0.237 e. The SMILES string of the molecule is CC(C)(C)C[C@H]1N[C@@H](C(=O)CNCCCN2CCCC2)[C@H](c2cccc(Cl)c2F)[C@@]12C(=O)Nc1cc(Cl)c(F)cc12. The second kappa shape index (κ2) is 11.9. The summed E-state index contributed by atoms with van der Waals surface area (Å²) >= 11 is 12.3. The number of fused-ring (bicyclic) bond motifs is 2. The predicted molar refractivity (Wildman–Crippen MR) is 159 cm³/mol. The number of ketones is 1. The van der Waals surface area contributed by atoms with Crippen LogP contribution in [0.5, 0.6) is 0 Å². The average molecular weight is 608 g/mol. The zero-order chi connectivity index (χ0) is 29.5. The molecule has 0 radical (unpaired) electrons. The summed E-state index contributed by atoms with van der Waals surface area (Å²) in [6.07, 6.45) is 3.83. The summed E-state index contributed by atoms with van der Waals surface area (Å²) in [5.41, 5.74) is -0.878. The van der Waals surface area contributed by atoms with E-state index in [-0.39, 0.29) is 33.4 Å². The van der Waals surface area contributed by atoms with E-state index in [0.29, 0.717) is 24.2 Å². The van der Waals surface area contributed by atoms with E-state index in [4.69, 9.17) is 23.2 Å². The van der Waals surface area contributed by atoms with Crippen molar-refractivity contribution in [3.05, 3.63) is 63.1 Å². The highest BCUT2D eigenvalue weighted by Gasteiger charge is 2.66. The topological polar surface area (TPSA) is 73.5 Å². The molecule has 1 amide bonds. The first-order chi connectivity index (χ1) is 19.4. The first-order valence-corrected chi connectivity index (χ1v) is 15.2. The summed E-state index contributed by atoms with van der Waals surface area (Å²) in [6, 6.07) is 5.73. The molecule has 3 heterocycles. The van der Waals surface area contributed by atoms with Gasteiger partial charge < -0.3 is 20.9 Å². The normalized spacial score (nSPS) is 26.1. The number of benzene rings is 2. The molecular weight excluding hydrogens is 569 g/mol. The fourth-order valence-corrected chi connectivity index (χ4v) is 7.32. The Morgan fingerprint density at radius 2 is 1.88 bits per heavy atom. The molecule has 2 fully saturated rings. The number of carbonyl (C=O) groups is 2. The number of likely N-dealkylation sites (tertiary alicyclic amines) is 1. The molecule has 2 aromatic rings. The molecule has 41 heavy (non-hydrogen) atoms. The van der Waals surface area contributed by atoms with Gasteiger partial charge in [0.05, 0.1) is 22.6 Å². The molecule has 0 saturated carbocycles. The number of amides is 1. The van der Waals surface area contributed by atoms with E-state index in [1.165, 1.54) is 31.0 Å². The van der Waals surface area contributed by atoms with Crippen LogP contribution in [0.4, 0.5) is 14.5 Å². The molecule has 3 aliphatic rings. The van der Waals surface area contributed by atoms with Crippen molar-refractivity contribution in [2.45, 2.75) is 69.9 Å². The van der Waals surface area contributed by atoms with Gasteiger partial charge in [0.2, 0.25) is 5.91 Å². The minimum absolute atomic E-state index is 0.0537. The van der Waals surface area contributed by atoms with Crippen molar-refractivity contribution < 1.29 is 18.4 Å². The van der Waals surface area contributed by atoms with Gasteiger partial charge in [0.1, 0.15) is 17.0 Å². The number of anilines is 1. The van der Waals surface area contributed by atoms with Crippen LogP contribution in [0.3, 0.4) is 0 Å². The Balaban J connectivity index is 1.54. The first-order valence-electron chi connectivity index (χ1n) is 14.4. The van der Waals surface area contributed by atoms with Crippen molar-refractivity contribution in [3.8, 4) is 0 Å². The zero-order valence-corrected chi connectivity index (χ0v) is 25.3. The summed E-state index contributed by atoms with van der Waals surface area (Å²) in [5, 5.41) is 9.34. The highest BCUT2D eigenvalue weighted by Crippen LogP contribution is 2.57. The molecule has 0 bridgehead atoms.